The Kier molecular flexibility index (Phi) is 4.87. The van der Waals surface area contributed by atoms with Crippen LogP contribution in [0.2, 0.25) is 0 Å². The van der Waals surface area contributed by atoms with Crippen molar-refractivity contribution < 1.29 is 22.8 Å². The summed E-state index contributed by atoms with van der Waals surface area (Å²) < 4.78 is 37.4. The van der Waals surface area contributed by atoms with E-state index in [0.29, 0.717) is 25.1 Å². The number of piperidine rings is 1. The summed E-state index contributed by atoms with van der Waals surface area (Å²) in [6, 6.07) is 4.22. The second-order valence-corrected chi connectivity index (χ2v) is 6.09. The Morgan fingerprint density at radius 3 is 2.88 bits per heavy atom. The third kappa shape index (κ3) is 3.72. The van der Waals surface area contributed by atoms with E-state index in [1.165, 1.54) is 18.1 Å². The van der Waals surface area contributed by atoms with E-state index in [0.717, 1.165) is 18.2 Å². The van der Waals surface area contributed by atoms with E-state index in [-0.39, 0.29) is 23.5 Å². The molecule has 0 radical (unpaired) electrons. The van der Waals surface area contributed by atoms with Crippen molar-refractivity contribution >= 4 is 6.09 Å². The number of nitrogens with one attached hydrogen (secondary N) is 1. The number of amides is 1. The molecule has 1 fully saturated rings. The minimum Gasteiger partial charge on any atom is -0.453 e. The second kappa shape index (κ2) is 7.08. The molecule has 1 amide bonds. The second-order valence-electron chi connectivity index (χ2n) is 6.09. The van der Waals surface area contributed by atoms with Crippen LogP contribution in [0.15, 0.2) is 33.6 Å². The molecule has 2 unspecified atom stereocenters. The molecule has 0 saturated carbocycles. The zero-order valence-electron chi connectivity index (χ0n) is 13.6. The summed E-state index contributed by atoms with van der Waals surface area (Å²) in [5.41, 5.74) is -0.145. The number of hydrogen-bond donors (Lipinski definition) is 1. The fourth-order valence-electron chi connectivity index (χ4n) is 3.31. The summed E-state index contributed by atoms with van der Waals surface area (Å²) in [5.74, 6) is -0.660. The molecule has 25 heavy (non-hydrogen) atoms. The number of methoxy groups -OCH3 is 1. The van der Waals surface area contributed by atoms with Crippen LogP contribution in [0.5, 0.6) is 0 Å². The number of benzene rings is 1. The quantitative estimate of drug-likeness (QED) is 0.922. The Bertz CT molecular complexity index is 817. The van der Waals surface area contributed by atoms with Gasteiger partial charge >= 0.3 is 6.09 Å². The van der Waals surface area contributed by atoms with E-state index in [4.69, 9.17) is 9.26 Å². The minimum atomic E-state index is -0.537. The van der Waals surface area contributed by atoms with Crippen LogP contribution in [-0.4, -0.2) is 35.8 Å². The number of carbonyl (C=O) groups excluding carboxylic acids is 1. The average molecular weight is 352 g/mol. The number of aromatic nitrogens is 1. The van der Waals surface area contributed by atoms with Gasteiger partial charge in [0.1, 0.15) is 17.4 Å². The van der Waals surface area contributed by atoms with Gasteiger partial charge in [0.25, 0.3) is 5.56 Å². The van der Waals surface area contributed by atoms with Crippen LogP contribution in [0.1, 0.15) is 30.1 Å². The third-order valence-electron chi connectivity index (χ3n) is 4.53. The predicted molar refractivity (Wildman–Crippen MR) is 84.3 cm³/mol. The summed E-state index contributed by atoms with van der Waals surface area (Å²) >= 11 is 0. The number of H-pyrrole nitrogens is 1. The van der Waals surface area contributed by atoms with Crippen LogP contribution in [0.25, 0.3) is 0 Å². The lowest BCUT2D eigenvalue weighted by atomic mass is 9.86. The van der Waals surface area contributed by atoms with Gasteiger partial charge < -0.3 is 14.2 Å². The third-order valence-corrected chi connectivity index (χ3v) is 4.53. The highest BCUT2D eigenvalue weighted by Gasteiger charge is 2.35. The number of ether oxygens (including phenoxy) is 1. The van der Waals surface area contributed by atoms with Crippen molar-refractivity contribution in [1.82, 2.24) is 10.1 Å². The molecule has 0 bridgehead atoms. The monoisotopic (exact) mass is 352 g/mol. The van der Waals surface area contributed by atoms with E-state index < -0.39 is 23.8 Å². The van der Waals surface area contributed by atoms with E-state index in [9.17, 15) is 18.4 Å². The first-order valence-electron chi connectivity index (χ1n) is 7.95. The molecule has 1 saturated heterocycles. The van der Waals surface area contributed by atoms with Gasteiger partial charge in [-0.2, -0.15) is 5.16 Å². The van der Waals surface area contributed by atoms with Gasteiger partial charge in [-0.3, -0.25) is 4.79 Å². The van der Waals surface area contributed by atoms with Crippen LogP contribution in [-0.2, 0) is 11.2 Å². The maximum atomic E-state index is 14.0. The van der Waals surface area contributed by atoms with Crippen LogP contribution in [0.4, 0.5) is 13.6 Å². The Balaban J connectivity index is 1.85. The molecule has 1 aromatic carbocycles. The molecule has 6 nitrogen and oxygen atoms in total. The number of nitrogens with zero attached hydrogens (tertiary/aromatic N) is 1. The number of carbonyl (C=O) groups is 1. The van der Waals surface area contributed by atoms with Crippen LogP contribution < -0.4 is 5.56 Å². The lowest BCUT2D eigenvalue weighted by Crippen LogP contribution is -2.46. The molecule has 2 aromatic rings. The molecule has 0 aliphatic carbocycles. The van der Waals surface area contributed by atoms with Crippen molar-refractivity contribution in [2.24, 2.45) is 0 Å². The Labute approximate surface area is 142 Å². The SMILES string of the molecule is COC(=O)N1CCC(c2cc(=O)[nH]o2)CC1Cc1cc(F)ccc1F. The van der Waals surface area contributed by atoms with Crippen molar-refractivity contribution in [3.8, 4) is 0 Å². The highest BCUT2D eigenvalue weighted by Crippen LogP contribution is 2.33. The molecule has 134 valence electrons. The van der Waals surface area contributed by atoms with Gasteiger partial charge in [0.05, 0.1) is 7.11 Å². The van der Waals surface area contributed by atoms with E-state index in [1.54, 1.807) is 0 Å². The molecular formula is C17H18F2N2O4. The summed E-state index contributed by atoms with van der Waals surface area (Å²) in [5, 5.41) is 2.25. The molecule has 1 aromatic heterocycles. The van der Waals surface area contributed by atoms with Gasteiger partial charge in [-0.25, -0.2) is 13.6 Å². The first kappa shape index (κ1) is 17.2. The zero-order valence-corrected chi connectivity index (χ0v) is 13.6. The van der Waals surface area contributed by atoms with E-state index >= 15 is 0 Å². The first-order valence-corrected chi connectivity index (χ1v) is 7.95. The van der Waals surface area contributed by atoms with E-state index in [1.807, 2.05) is 0 Å². The fraction of sp³-hybridized carbons (Fsp3) is 0.412. The smallest absolute Gasteiger partial charge is 0.409 e. The van der Waals surface area contributed by atoms with Crippen LogP contribution in [0.3, 0.4) is 0 Å². The highest BCUT2D eigenvalue weighted by atomic mass is 19.1. The van der Waals surface area contributed by atoms with Crippen LogP contribution in [0, 0.1) is 11.6 Å². The van der Waals surface area contributed by atoms with Crippen LogP contribution >= 0.6 is 0 Å². The van der Waals surface area contributed by atoms with Crippen molar-refractivity contribution in [2.75, 3.05) is 13.7 Å². The summed E-state index contributed by atoms with van der Waals surface area (Å²) in [7, 11) is 1.28. The minimum absolute atomic E-state index is 0.0959. The van der Waals surface area contributed by atoms with Crippen molar-refractivity contribution in [3.05, 3.63) is 57.6 Å². The van der Waals surface area contributed by atoms with Gasteiger partial charge in [-0.15, -0.1) is 0 Å². The molecule has 0 spiro atoms. The average Bonchev–Trinajstić information content (AvgIpc) is 3.04. The first-order chi connectivity index (χ1) is 12.0. The lowest BCUT2D eigenvalue weighted by Gasteiger charge is -2.38. The normalized spacial score (nSPS) is 20.5. The number of halogens is 2. The maximum Gasteiger partial charge on any atom is 0.409 e. The molecule has 3 rings (SSSR count). The van der Waals surface area contributed by atoms with Crippen molar-refractivity contribution in [2.45, 2.75) is 31.2 Å². The Hall–Kier alpha value is -2.64. The number of hydrogen-bond acceptors (Lipinski definition) is 4. The van der Waals surface area contributed by atoms with Crippen molar-refractivity contribution in [1.29, 1.82) is 0 Å². The number of aromatic amines is 1. The Morgan fingerprint density at radius 2 is 2.20 bits per heavy atom. The predicted octanol–water partition coefficient (Wildman–Crippen LogP) is 2.80. The molecule has 8 heteroatoms. The summed E-state index contributed by atoms with van der Waals surface area (Å²) in [4.78, 5) is 24.8. The molecule has 2 atom stereocenters. The van der Waals surface area contributed by atoms with Gasteiger partial charge in [-0.1, -0.05) is 0 Å². The zero-order chi connectivity index (χ0) is 18.0. The lowest BCUT2D eigenvalue weighted by molar-refractivity contribution is 0.0814. The molecular weight excluding hydrogens is 334 g/mol. The van der Waals surface area contributed by atoms with E-state index in [2.05, 4.69) is 5.16 Å². The Morgan fingerprint density at radius 1 is 1.40 bits per heavy atom. The highest BCUT2D eigenvalue weighted by molar-refractivity contribution is 5.68. The topological polar surface area (TPSA) is 75.5 Å². The maximum absolute atomic E-state index is 14.0. The molecule has 1 aliphatic heterocycles. The fourth-order valence-corrected chi connectivity index (χ4v) is 3.31. The molecule has 2 heterocycles. The molecule has 1 N–H and O–H groups in total. The largest absolute Gasteiger partial charge is 0.453 e. The van der Waals surface area contributed by atoms with Gasteiger partial charge in [0.15, 0.2) is 0 Å². The summed E-state index contributed by atoms with van der Waals surface area (Å²) in [6.45, 7) is 0.369. The van der Waals surface area contributed by atoms with Gasteiger partial charge in [0, 0.05) is 24.6 Å². The standard InChI is InChI=1S/C17H18F2N2O4/c1-24-17(23)21-5-4-10(15-9-16(22)20-25-15)7-13(21)8-11-6-12(18)2-3-14(11)19/h2-3,6,9-10,13H,4-5,7-8H2,1H3,(H,20,22). The summed E-state index contributed by atoms with van der Waals surface area (Å²) in [6.07, 6.45) is 0.657. The number of likely N-dealkylation sites (tertiary alicyclic amines) is 1. The molecule has 1 aliphatic rings. The van der Waals surface area contributed by atoms with Gasteiger partial charge in [0.2, 0.25) is 0 Å². The van der Waals surface area contributed by atoms with Crippen molar-refractivity contribution in [3.63, 3.8) is 0 Å². The van der Waals surface area contributed by atoms with Gasteiger partial charge in [-0.05, 0) is 43.0 Å². The number of rotatable bonds is 3.